The van der Waals surface area contributed by atoms with Gasteiger partial charge in [0.1, 0.15) is 0 Å². The maximum Gasteiger partial charge on any atom is 0.0257 e. The van der Waals surface area contributed by atoms with Crippen molar-refractivity contribution in [3.63, 3.8) is 0 Å². The van der Waals surface area contributed by atoms with Crippen LogP contribution in [-0.2, 0) is 0 Å². The molecule has 36 valence electrons. The van der Waals surface area contributed by atoms with Gasteiger partial charge in [-0.15, -0.1) is 11.6 Å². The van der Waals surface area contributed by atoms with Crippen LogP contribution >= 0.6 is 11.6 Å². The molecule has 0 fully saturated rings. The van der Waals surface area contributed by atoms with Gasteiger partial charge in [-0.05, 0) is 13.3 Å². The van der Waals surface area contributed by atoms with Gasteiger partial charge in [-0.25, -0.2) is 0 Å². The summed E-state index contributed by atoms with van der Waals surface area (Å²) < 4.78 is 0. The van der Waals surface area contributed by atoms with Gasteiger partial charge >= 0.3 is 0 Å². The van der Waals surface area contributed by atoms with Crippen LogP contribution in [0.25, 0.3) is 0 Å². The van der Waals surface area contributed by atoms with Crippen LogP contribution in [0.2, 0.25) is 0 Å². The minimum atomic E-state index is 0.740. The molecule has 0 saturated heterocycles. The highest BCUT2D eigenvalue weighted by Crippen LogP contribution is 1.83. The Morgan fingerprint density at radius 3 is 2.50 bits per heavy atom. The van der Waals surface area contributed by atoms with Crippen molar-refractivity contribution in [2.75, 3.05) is 5.88 Å². The van der Waals surface area contributed by atoms with Gasteiger partial charge in [-0.1, -0.05) is 12.2 Å². The smallest absolute Gasteiger partial charge is 0.0257 e. The lowest BCUT2D eigenvalue weighted by Crippen LogP contribution is -1.62. The number of hydrogen-bond donors (Lipinski definition) is 0. The van der Waals surface area contributed by atoms with E-state index in [1.807, 2.05) is 19.1 Å². The van der Waals surface area contributed by atoms with Crippen LogP contribution in [0, 0.1) is 0 Å². The molecule has 0 N–H and O–H groups in total. The van der Waals surface area contributed by atoms with Gasteiger partial charge < -0.3 is 0 Å². The van der Waals surface area contributed by atoms with Crippen molar-refractivity contribution < 1.29 is 0 Å². The highest BCUT2D eigenvalue weighted by Gasteiger charge is 1.66. The second-order valence-corrected chi connectivity index (χ2v) is 1.42. The molecule has 0 heterocycles. The van der Waals surface area contributed by atoms with Crippen LogP contribution in [0.15, 0.2) is 12.2 Å². The monoisotopic (exact) mass is 104 g/mol. The van der Waals surface area contributed by atoms with E-state index in [4.69, 9.17) is 11.6 Å². The summed E-state index contributed by atoms with van der Waals surface area (Å²) in [7, 11) is 0. The van der Waals surface area contributed by atoms with Crippen LogP contribution in [0.3, 0.4) is 0 Å². The van der Waals surface area contributed by atoms with Gasteiger partial charge in [0.2, 0.25) is 0 Å². The van der Waals surface area contributed by atoms with E-state index in [1.54, 1.807) is 0 Å². The molecule has 0 spiro atoms. The van der Waals surface area contributed by atoms with E-state index < -0.39 is 0 Å². The Balaban J connectivity index is 2.66. The third-order valence-corrected chi connectivity index (χ3v) is 0.730. The summed E-state index contributed by atoms with van der Waals surface area (Å²) in [4.78, 5) is 0. The van der Waals surface area contributed by atoms with Crippen molar-refractivity contribution in [2.24, 2.45) is 0 Å². The molecular weight excluding hydrogens is 95.5 g/mol. The number of halogens is 1. The first kappa shape index (κ1) is 6.03. The Kier molecular flexibility index (Phi) is 5.06. The number of alkyl halides is 1. The zero-order valence-corrected chi connectivity index (χ0v) is 4.70. The number of allylic oxidation sites excluding steroid dienone is 2. The van der Waals surface area contributed by atoms with E-state index in [0.717, 1.165) is 12.3 Å². The van der Waals surface area contributed by atoms with Crippen molar-refractivity contribution in [3.8, 4) is 0 Å². The fourth-order valence-electron chi connectivity index (χ4n) is 0.230. The Morgan fingerprint density at radius 1 is 1.67 bits per heavy atom. The molecule has 0 rings (SSSR count). The van der Waals surface area contributed by atoms with Gasteiger partial charge in [0.25, 0.3) is 0 Å². The third-order valence-electron chi connectivity index (χ3n) is 0.511. The van der Waals surface area contributed by atoms with Crippen molar-refractivity contribution >= 4 is 11.6 Å². The van der Waals surface area contributed by atoms with Crippen molar-refractivity contribution in [1.29, 1.82) is 0 Å². The van der Waals surface area contributed by atoms with Crippen LogP contribution < -0.4 is 0 Å². The molecule has 1 heteroatoms. The lowest BCUT2D eigenvalue weighted by molar-refractivity contribution is 1.23. The Hall–Kier alpha value is 0.0300. The van der Waals surface area contributed by atoms with Gasteiger partial charge in [0.05, 0.1) is 0 Å². The van der Waals surface area contributed by atoms with Gasteiger partial charge in [0, 0.05) is 5.88 Å². The van der Waals surface area contributed by atoms with Crippen LogP contribution in [0.1, 0.15) is 13.3 Å². The highest BCUT2D eigenvalue weighted by molar-refractivity contribution is 6.17. The minimum Gasteiger partial charge on any atom is -0.126 e. The SMILES string of the molecule is C/C=C\CCCl. The predicted octanol–water partition coefficient (Wildman–Crippen LogP) is 2.19. The van der Waals surface area contributed by atoms with Crippen LogP contribution in [0.4, 0.5) is 0 Å². The molecule has 0 atom stereocenters. The number of rotatable bonds is 2. The third kappa shape index (κ3) is 4.03. The molecule has 0 nitrogen and oxygen atoms in total. The highest BCUT2D eigenvalue weighted by atomic mass is 35.5. The van der Waals surface area contributed by atoms with Gasteiger partial charge in [-0.2, -0.15) is 0 Å². The maximum atomic E-state index is 5.33. The fourth-order valence-corrected chi connectivity index (χ4v) is 0.356. The Labute approximate surface area is 43.8 Å². The molecule has 0 aromatic rings. The predicted molar refractivity (Wildman–Crippen MR) is 30.2 cm³/mol. The van der Waals surface area contributed by atoms with E-state index in [0.29, 0.717) is 0 Å². The fraction of sp³-hybridized carbons (Fsp3) is 0.600. The summed E-state index contributed by atoms with van der Waals surface area (Å²) >= 11 is 5.33. The van der Waals surface area contributed by atoms with Crippen LogP contribution in [-0.4, -0.2) is 5.88 Å². The summed E-state index contributed by atoms with van der Waals surface area (Å²) in [6.07, 6.45) is 5.05. The normalized spacial score (nSPS) is 10.3. The van der Waals surface area contributed by atoms with E-state index in [9.17, 15) is 0 Å². The van der Waals surface area contributed by atoms with E-state index >= 15 is 0 Å². The molecule has 0 amide bonds. The lowest BCUT2D eigenvalue weighted by atomic mass is 10.4. The minimum absolute atomic E-state index is 0.740. The molecule has 0 saturated carbocycles. The molecule has 0 aromatic carbocycles. The van der Waals surface area contributed by atoms with Gasteiger partial charge in [0.15, 0.2) is 0 Å². The summed E-state index contributed by atoms with van der Waals surface area (Å²) in [5.41, 5.74) is 0. The average Bonchev–Trinajstić information content (AvgIpc) is 1.61. The standard InChI is InChI=1S/C5H9Cl/c1-2-3-4-5-6/h2-3H,4-5H2,1H3/b3-2-. The van der Waals surface area contributed by atoms with Crippen LogP contribution in [0.5, 0.6) is 0 Å². The molecule has 0 radical (unpaired) electrons. The quantitative estimate of drug-likeness (QED) is 0.372. The second kappa shape index (κ2) is 5.03. The number of hydrogen-bond acceptors (Lipinski definition) is 0. The Bertz CT molecular complexity index is 39.2. The van der Waals surface area contributed by atoms with Crippen molar-refractivity contribution in [1.82, 2.24) is 0 Å². The molecule has 0 aliphatic heterocycles. The van der Waals surface area contributed by atoms with Gasteiger partial charge in [-0.3, -0.25) is 0 Å². The largest absolute Gasteiger partial charge is 0.126 e. The summed E-state index contributed by atoms with van der Waals surface area (Å²) in [5, 5.41) is 0. The van der Waals surface area contributed by atoms with E-state index in [-0.39, 0.29) is 0 Å². The molecule has 0 aliphatic carbocycles. The average molecular weight is 105 g/mol. The summed E-state index contributed by atoms with van der Waals surface area (Å²) in [6.45, 7) is 1.99. The first-order valence-corrected chi connectivity index (χ1v) is 2.62. The molecule has 0 unspecified atom stereocenters. The van der Waals surface area contributed by atoms with Crippen molar-refractivity contribution in [3.05, 3.63) is 12.2 Å². The maximum absolute atomic E-state index is 5.33. The van der Waals surface area contributed by atoms with E-state index in [2.05, 4.69) is 0 Å². The Morgan fingerprint density at radius 2 is 2.33 bits per heavy atom. The molecule has 0 bridgehead atoms. The summed E-state index contributed by atoms with van der Waals surface area (Å²) in [6, 6.07) is 0. The first-order chi connectivity index (χ1) is 2.91. The molecular formula is C5H9Cl. The zero-order valence-electron chi connectivity index (χ0n) is 3.95. The molecule has 0 aliphatic rings. The first-order valence-electron chi connectivity index (χ1n) is 2.09. The zero-order chi connectivity index (χ0) is 4.83. The topological polar surface area (TPSA) is 0 Å². The lowest BCUT2D eigenvalue weighted by Gasteiger charge is -1.74. The second-order valence-electron chi connectivity index (χ2n) is 1.05. The summed E-state index contributed by atoms with van der Waals surface area (Å²) in [5.74, 6) is 0.740. The molecule has 6 heavy (non-hydrogen) atoms. The van der Waals surface area contributed by atoms with E-state index in [1.165, 1.54) is 0 Å². The van der Waals surface area contributed by atoms with Crippen molar-refractivity contribution in [2.45, 2.75) is 13.3 Å². The molecule has 0 aromatic heterocycles.